The summed E-state index contributed by atoms with van der Waals surface area (Å²) in [6, 6.07) is 0.246. The minimum atomic E-state index is -1.09. The highest BCUT2D eigenvalue weighted by atomic mass is 79.9. The first kappa shape index (κ1) is 19.0. The Morgan fingerprint density at radius 1 is 1.46 bits per heavy atom. The highest BCUT2D eigenvalue weighted by molar-refractivity contribution is 9.10. The summed E-state index contributed by atoms with van der Waals surface area (Å²) in [4.78, 5) is 23.0. The van der Waals surface area contributed by atoms with E-state index < -0.39 is 18.1 Å². The van der Waals surface area contributed by atoms with Gasteiger partial charge in [0.25, 0.3) is 5.56 Å². The number of nitrogens with one attached hydrogen (secondary N) is 1. The van der Waals surface area contributed by atoms with Gasteiger partial charge in [-0.3, -0.25) is 9.59 Å². The Morgan fingerprint density at radius 2 is 2.08 bits per heavy atom. The average Bonchev–Trinajstić information content (AvgIpc) is 2.50. The largest absolute Gasteiger partial charge is 0.480 e. The van der Waals surface area contributed by atoms with Gasteiger partial charge in [0.15, 0.2) is 0 Å². The molecule has 4 atom stereocenters. The van der Waals surface area contributed by atoms with Gasteiger partial charge < -0.3 is 10.4 Å². The molecule has 0 aromatic carbocycles. The van der Waals surface area contributed by atoms with E-state index in [1.165, 1.54) is 6.20 Å². The zero-order valence-corrected chi connectivity index (χ0v) is 16.4. The second kappa shape index (κ2) is 6.86. The highest BCUT2D eigenvalue weighted by Gasteiger charge is 2.43. The van der Waals surface area contributed by atoms with Crippen molar-refractivity contribution >= 4 is 27.6 Å². The Balaban J connectivity index is 2.24. The van der Waals surface area contributed by atoms with Crippen LogP contribution in [0, 0.1) is 23.2 Å². The van der Waals surface area contributed by atoms with E-state index in [1.807, 2.05) is 0 Å². The molecule has 2 N–H and O–H groups in total. The van der Waals surface area contributed by atoms with Crippen molar-refractivity contribution in [2.75, 3.05) is 5.32 Å². The molecule has 1 aliphatic rings. The van der Waals surface area contributed by atoms with Gasteiger partial charge in [-0.15, -0.1) is 0 Å². The molecule has 24 heavy (non-hydrogen) atoms. The molecule has 1 aliphatic carbocycles. The normalized spacial score (nSPS) is 29.2. The van der Waals surface area contributed by atoms with Crippen molar-refractivity contribution in [1.29, 1.82) is 0 Å². The van der Waals surface area contributed by atoms with Crippen LogP contribution in [0.1, 0.15) is 41.0 Å². The van der Waals surface area contributed by atoms with Crippen molar-refractivity contribution in [2.24, 2.45) is 23.2 Å². The maximum absolute atomic E-state index is 12.2. The van der Waals surface area contributed by atoms with Crippen LogP contribution in [-0.4, -0.2) is 26.9 Å². The van der Waals surface area contributed by atoms with Crippen molar-refractivity contribution in [3.63, 3.8) is 0 Å². The van der Waals surface area contributed by atoms with Gasteiger partial charge in [0, 0.05) is 6.04 Å². The lowest BCUT2D eigenvalue weighted by Crippen LogP contribution is -2.48. The zero-order valence-electron chi connectivity index (χ0n) is 14.8. The minimum Gasteiger partial charge on any atom is -0.480 e. The molecular formula is C17H26BrN3O3. The van der Waals surface area contributed by atoms with Gasteiger partial charge in [0.2, 0.25) is 0 Å². The highest BCUT2D eigenvalue weighted by Crippen LogP contribution is 2.48. The quantitative estimate of drug-likeness (QED) is 0.811. The third-order valence-corrected chi connectivity index (χ3v) is 6.85. The van der Waals surface area contributed by atoms with Crippen LogP contribution >= 0.6 is 15.9 Å². The second-order valence-corrected chi connectivity index (χ2v) is 8.38. The van der Waals surface area contributed by atoms with Gasteiger partial charge in [-0.05, 0) is 45.5 Å². The zero-order chi connectivity index (χ0) is 18.2. The van der Waals surface area contributed by atoms with Crippen LogP contribution in [0.2, 0.25) is 0 Å². The summed E-state index contributed by atoms with van der Waals surface area (Å²) in [5, 5.41) is 16.2. The predicted molar refractivity (Wildman–Crippen MR) is 97.1 cm³/mol. The summed E-state index contributed by atoms with van der Waals surface area (Å²) < 4.78 is 1.27. The molecule has 0 bridgehead atoms. The molecule has 1 heterocycles. The van der Waals surface area contributed by atoms with Crippen LogP contribution < -0.4 is 10.9 Å². The van der Waals surface area contributed by atoms with Gasteiger partial charge in [-0.2, -0.15) is 5.10 Å². The Bertz CT molecular complexity index is 686. The molecule has 134 valence electrons. The molecule has 1 aromatic heterocycles. The molecule has 0 spiro atoms. The Hall–Kier alpha value is -1.37. The average molecular weight is 400 g/mol. The van der Waals surface area contributed by atoms with Gasteiger partial charge in [0.1, 0.15) is 11.0 Å². The Morgan fingerprint density at radius 3 is 2.67 bits per heavy atom. The predicted octanol–water partition coefficient (Wildman–Crippen LogP) is 3.21. The fraction of sp³-hybridized carbons (Fsp3) is 0.706. The first-order chi connectivity index (χ1) is 11.1. The SMILES string of the molecule is C[C@@H]1[C@@H](C)C(C)(C)[C@@H](C)C[C@H]1Nc1cnn(CC(=O)O)c(=O)c1Br. The van der Waals surface area contributed by atoms with E-state index in [9.17, 15) is 9.59 Å². The summed E-state index contributed by atoms with van der Waals surface area (Å²) in [5.74, 6) is 0.450. The number of rotatable bonds is 4. The summed E-state index contributed by atoms with van der Waals surface area (Å²) in [6.45, 7) is 11.0. The van der Waals surface area contributed by atoms with E-state index in [0.717, 1.165) is 11.1 Å². The fourth-order valence-electron chi connectivity index (χ4n) is 3.57. The first-order valence-corrected chi connectivity index (χ1v) is 9.09. The van der Waals surface area contributed by atoms with Gasteiger partial charge in [0.05, 0.1) is 11.9 Å². The topological polar surface area (TPSA) is 84.2 Å². The smallest absolute Gasteiger partial charge is 0.325 e. The lowest BCUT2D eigenvalue weighted by Gasteiger charge is -2.50. The van der Waals surface area contributed by atoms with Crippen LogP contribution in [0.15, 0.2) is 15.5 Å². The number of nitrogens with zero attached hydrogens (tertiary/aromatic N) is 2. The minimum absolute atomic E-state index is 0.246. The second-order valence-electron chi connectivity index (χ2n) is 7.59. The number of hydrogen-bond donors (Lipinski definition) is 2. The standard InChI is InChI=1S/C17H26BrN3O3/c1-9-6-12(10(2)11(3)17(9,4)5)20-13-7-19-21(8-14(22)23)16(24)15(13)18/h7,9-12,20H,6,8H2,1-5H3,(H,22,23)/t9-,10+,11+,12+/m0/s1. The third-order valence-electron chi connectivity index (χ3n) is 6.09. The summed E-state index contributed by atoms with van der Waals surface area (Å²) in [6.07, 6.45) is 2.54. The van der Waals surface area contributed by atoms with E-state index in [-0.39, 0.29) is 11.5 Å². The molecular weight excluding hydrogens is 374 g/mol. The molecule has 0 aliphatic heterocycles. The van der Waals surface area contributed by atoms with Crippen LogP contribution in [0.3, 0.4) is 0 Å². The molecule has 1 fully saturated rings. The summed E-state index contributed by atoms with van der Waals surface area (Å²) in [5.41, 5.74) is 0.461. The van der Waals surface area contributed by atoms with Crippen LogP contribution in [0.4, 0.5) is 5.69 Å². The van der Waals surface area contributed by atoms with E-state index in [2.05, 4.69) is 61.0 Å². The first-order valence-electron chi connectivity index (χ1n) is 8.29. The van der Waals surface area contributed by atoms with Crippen LogP contribution in [0.5, 0.6) is 0 Å². The number of carboxylic acids is 1. The molecule has 2 rings (SSSR count). The van der Waals surface area contributed by atoms with Gasteiger partial charge >= 0.3 is 5.97 Å². The van der Waals surface area contributed by atoms with Crippen molar-refractivity contribution in [2.45, 2.75) is 53.6 Å². The Labute approximate surface area is 150 Å². The monoisotopic (exact) mass is 399 g/mol. The summed E-state index contributed by atoms with van der Waals surface area (Å²) in [7, 11) is 0. The van der Waals surface area contributed by atoms with E-state index >= 15 is 0 Å². The van der Waals surface area contributed by atoms with E-state index in [0.29, 0.717) is 27.9 Å². The fourth-order valence-corrected chi connectivity index (χ4v) is 3.99. The van der Waals surface area contributed by atoms with E-state index in [4.69, 9.17) is 5.11 Å². The molecule has 0 saturated heterocycles. The van der Waals surface area contributed by atoms with Crippen molar-refractivity contribution in [1.82, 2.24) is 9.78 Å². The Kier molecular flexibility index (Phi) is 5.42. The number of anilines is 1. The lowest BCUT2D eigenvalue weighted by molar-refractivity contribution is -0.138. The van der Waals surface area contributed by atoms with Crippen molar-refractivity contribution in [3.8, 4) is 0 Å². The van der Waals surface area contributed by atoms with Crippen LogP contribution in [-0.2, 0) is 11.3 Å². The number of aromatic nitrogens is 2. The number of carboxylic acid groups (broad SMARTS) is 1. The maximum atomic E-state index is 12.2. The molecule has 1 aromatic rings. The summed E-state index contributed by atoms with van der Waals surface area (Å²) >= 11 is 3.29. The van der Waals surface area contributed by atoms with Crippen LogP contribution in [0.25, 0.3) is 0 Å². The lowest BCUT2D eigenvalue weighted by atomic mass is 9.58. The number of carbonyl (C=O) groups is 1. The maximum Gasteiger partial charge on any atom is 0.325 e. The number of aliphatic carboxylic acids is 1. The molecule has 7 heteroatoms. The molecule has 6 nitrogen and oxygen atoms in total. The van der Waals surface area contributed by atoms with Crippen molar-refractivity contribution < 1.29 is 9.90 Å². The molecule has 0 amide bonds. The molecule has 1 saturated carbocycles. The van der Waals surface area contributed by atoms with Gasteiger partial charge in [-0.1, -0.05) is 34.6 Å². The van der Waals surface area contributed by atoms with Crippen molar-refractivity contribution in [3.05, 3.63) is 21.0 Å². The third kappa shape index (κ3) is 3.50. The van der Waals surface area contributed by atoms with Gasteiger partial charge in [-0.25, -0.2) is 4.68 Å². The molecule has 0 radical (unpaired) electrons. The molecule has 0 unspecified atom stereocenters. The van der Waals surface area contributed by atoms with E-state index in [1.54, 1.807) is 0 Å². The number of hydrogen-bond acceptors (Lipinski definition) is 4. The number of halogens is 1.